The van der Waals surface area contributed by atoms with Crippen molar-refractivity contribution in [2.24, 2.45) is 5.92 Å². The number of nitrogens with zero attached hydrogens (tertiary/aromatic N) is 1. The molecule has 0 unspecified atom stereocenters. The number of piperidine rings is 3. The van der Waals surface area contributed by atoms with Crippen molar-refractivity contribution in [3.8, 4) is 23.3 Å². The molecule has 0 aromatic heterocycles. The standard InChI is InChI=1S/C27H30N2O5S/c30-26(28-23-12-17-35(32,33)18-13-23)21-3-7-25(8-4-21)34-24-5-1-20(2-6-24)9-14-27(31)19-29-15-10-22(27)11-16-29/h1-8,22-23,31H,10-13,15-19H2,(H,28,30)/t27-/m0/s1. The number of hydrogen-bond acceptors (Lipinski definition) is 6. The summed E-state index contributed by atoms with van der Waals surface area (Å²) in [6.45, 7) is 2.74. The van der Waals surface area contributed by atoms with Gasteiger partial charge in [0.1, 0.15) is 26.9 Å². The third-order valence-corrected chi connectivity index (χ3v) is 8.96. The van der Waals surface area contributed by atoms with Crippen molar-refractivity contribution in [2.45, 2.75) is 37.3 Å². The van der Waals surface area contributed by atoms with E-state index < -0.39 is 15.4 Å². The Morgan fingerprint density at radius 3 is 2.14 bits per heavy atom. The summed E-state index contributed by atoms with van der Waals surface area (Å²) in [4.78, 5) is 14.8. The van der Waals surface area contributed by atoms with Crippen LogP contribution in [0, 0.1) is 17.8 Å². The zero-order valence-electron chi connectivity index (χ0n) is 19.6. The SMILES string of the molecule is O=C(NC1CCS(=O)(=O)CC1)c1ccc(Oc2ccc(C#C[C@]3(O)CN4CCC3CC4)cc2)cc1. The van der Waals surface area contributed by atoms with Crippen LogP contribution in [0.15, 0.2) is 48.5 Å². The molecule has 7 nitrogen and oxygen atoms in total. The molecule has 4 saturated heterocycles. The third-order valence-electron chi connectivity index (χ3n) is 7.25. The number of rotatable bonds is 4. The Morgan fingerprint density at radius 1 is 0.971 bits per heavy atom. The second-order valence-electron chi connectivity index (χ2n) is 9.78. The number of fused-ring (bicyclic) bond motifs is 3. The molecule has 4 aliphatic rings. The summed E-state index contributed by atoms with van der Waals surface area (Å²) in [6, 6.07) is 14.2. The van der Waals surface area contributed by atoms with Crippen LogP contribution in [0.2, 0.25) is 0 Å². The van der Waals surface area contributed by atoms with Crippen molar-refractivity contribution in [2.75, 3.05) is 31.1 Å². The molecule has 4 fully saturated rings. The van der Waals surface area contributed by atoms with Gasteiger partial charge in [-0.3, -0.25) is 9.69 Å². The zero-order valence-corrected chi connectivity index (χ0v) is 20.4. The van der Waals surface area contributed by atoms with Gasteiger partial charge in [0.15, 0.2) is 0 Å². The second-order valence-corrected chi connectivity index (χ2v) is 12.1. The van der Waals surface area contributed by atoms with E-state index in [-0.39, 0.29) is 29.4 Å². The average molecular weight is 495 g/mol. The average Bonchev–Trinajstić information content (AvgIpc) is 2.86. The van der Waals surface area contributed by atoms with Crippen LogP contribution >= 0.6 is 0 Å². The van der Waals surface area contributed by atoms with E-state index in [1.54, 1.807) is 24.3 Å². The smallest absolute Gasteiger partial charge is 0.251 e. The molecule has 0 saturated carbocycles. The van der Waals surface area contributed by atoms with Crippen LogP contribution in [-0.4, -0.2) is 67.1 Å². The Kier molecular flexibility index (Phi) is 6.58. The minimum Gasteiger partial charge on any atom is -0.457 e. The fraction of sp³-hybridized carbons (Fsp3) is 0.444. The molecule has 1 atom stereocenters. The lowest BCUT2D eigenvalue weighted by atomic mass is 9.76. The summed E-state index contributed by atoms with van der Waals surface area (Å²) >= 11 is 0. The van der Waals surface area contributed by atoms with Crippen molar-refractivity contribution in [3.63, 3.8) is 0 Å². The van der Waals surface area contributed by atoms with Crippen LogP contribution in [0.1, 0.15) is 41.6 Å². The molecule has 1 amide bonds. The van der Waals surface area contributed by atoms with Crippen molar-refractivity contribution in [1.82, 2.24) is 10.2 Å². The minimum atomic E-state index is -2.96. The lowest BCUT2D eigenvalue weighted by Gasteiger charge is -2.47. The van der Waals surface area contributed by atoms with Crippen LogP contribution in [0.4, 0.5) is 0 Å². The predicted octanol–water partition coefficient (Wildman–Crippen LogP) is 2.59. The molecule has 2 aromatic rings. The monoisotopic (exact) mass is 494 g/mol. The molecule has 0 radical (unpaired) electrons. The van der Waals surface area contributed by atoms with Crippen molar-refractivity contribution in [3.05, 3.63) is 59.7 Å². The molecule has 35 heavy (non-hydrogen) atoms. The van der Waals surface area contributed by atoms with Gasteiger partial charge in [-0.1, -0.05) is 11.8 Å². The first kappa shape index (κ1) is 23.9. The van der Waals surface area contributed by atoms with Gasteiger partial charge in [-0.25, -0.2) is 8.42 Å². The molecule has 2 aromatic carbocycles. The highest BCUT2D eigenvalue weighted by Gasteiger charge is 2.44. The Balaban J connectivity index is 1.16. The number of benzene rings is 2. The minimum absolute atomic E-state index is 0.116. The van der Waals surface area contributed by atoms with Gasteiger partial charge < -0.3 is 15.2 Å². The van der Waals surface area contributed by atoms with E-state index >= 15 is 0 Å². The Morgan fingerprint density at radius 2 is 1.57 bits per heavy atom. The zero-order chi connectivity index (χ0) is 24.5. The molecule has 4 aliphatic heterocycles. The van der Waals surface area contributed by atoms with Gasteiger partial charge in [0.2, 0.25) is 0 Å². The predicted molar refractivity (Wildman–Crippen MR) is 133 cm³/mol. The molecule has 4 heterocycles. The Bertz CT molecular complexity index is 1230. The maximum absolute atomic E-state index is 12.5. The van der Waals surface area contributed by atoms with E-state index in [2.05, 4.69) is 22.1 Å². The van der Waals surface area contributed by atoms with Gasteiger partial charge in [0.25, 0.3) is 5.91 Å². The van der Waals surface area contributed by atoms with E-state index in [0.717, 1.165) is 31.5 Å². The molecule has 0 spiro atoms. The third kappa shape index (κ3) is 5.69. The number of carbonyl (C=O) groups excluding carboxylic acids is 1. The highest BCUT2D eigenvalue weighted by molar-refractivity contribution is 7.91. The Labute approximate surface area is 206 Å². The topological polar surface area (TPSA) is 95.9 Å². The molecule has 0 aliphatic carbocycles. The van der Waals surface area contributed by atoms with Crippen LogP contribution in [0.3, 0.4) is 0 Å². The quantitative estimate of drug-likeness (QED) is 0.635. The molecule has 2 N–H and O–H groups in total. The van der Waals surface area contributed by atoms with E-state index in [1.165, 1.54) is 0 Å². The maximum Gasteiger partial charge on any atom is 0.251 e. The van der Waals surface area contributed by atoms with Crippen LogP contribution in [0.25, 0.3) is 0 Å². The highest BCUT2D eigenvalue weighted by atomic mass is 32.2. The summed E-state index contributed by atoms with van der Waals surface area (Å²) in [5.74, 6) is 7.78. The molecule has 6 rings (SSSR count). The van der Waals surface area contributed by atoms with Crippen molar-refractivity contribution >= 4 is 15.7 Å². The Hall–Kier alpha value is -2.86. The molecule has 184 valence electrons. The van der Waals surface area contributed by atoms with Gasteiger partial charge in [-0.2, -0.15) is 0 Å². The second kappa shape index (κ2) is 9.65. The van der Waals surface area contributed by atoms with Crippen LogP contribution in [-0.2, 0) is 9.84 Å². The normalized spacial score (nSPS) is 27.5. The number of ether oxygens (including phenoxy) is 1. The number of carbonyl (C=O) groups is 1. The van der Waals surface area contributed by atoms with Crippen molar-refractivity contribution in [1.29, 1.82) is 0 Å². The lowest BCUT2D eigenvalue weighted by Crippen LogP contribution is -2.58. The van der Waals surface area contributed by atoms with Gasteiger partial charge in [0.05, 0.1) is 11.5 Å². The van der Waals surface area contributed by atoms with Gasteiger partial charge >= 0.3 is 0 Å². The largest absolute Gasteiger partial charge is 0.457 e. The summed E-state index contributed by atoms with van der Waals surface area (Å²) in [5.41, 5.74) is 0.404. The number of amides is 1. The fourth-order valence-electron chi connectivity index (χ4n) is 5.08. The van der Waals surface area contributed by atoms with E-state index in [0.29, 0.717) is 36.4 Å². The number of nitrogens with one attached hydrogen (secondary N) is 1. The molecule has 8 heteroatoms. The maximum atomic E-state index is 12.5. The first-order valence-electron chi connectivity index (χ1n) is 12.2. The number of sulfone groups is 1. The van der Waals surface area contributed by atoms with Gasteiger partial charge in [-0.05, 0) is 87.3 Å². The highest BCUT2D eigenvalue weighted by Crippen LogP contribution is 2.35. The van der Waals surface area contributed by atoms with Crippen molar-refractivity contribution < 1.29 is 23.1 Å². The van der Waals surface area contributed by atoms with Crippen LogP contribution in [0.5, 0.6) is 11.5 Å². The van der Waals surface area contributed by atoms with E-state index in [9.17, 15) is 18.3 Å². The number of hydrogen-bond donors (Lipinski definition) is 2. The molecule has 2 bridgehead atoms. The summed E-state index contributed by atoms with van der Waals surface area (Å²) in [5, 5.41) is 13.9. The first-order chi connectivity index (χ1) is 16.8. The van der Waals surface area contributed by atoms with E-state index in [1.807, 2.05) is 24.3 Å². The fourth-order valence-corrected chi connectivity index (χ4v) is 6.57. The van der Waals surface area contributed by atoms with Gasteiger partial charge in [0, 0.05) is 29.6 Å². The molecular formula is C27H30N2O5S. The van der Waals surface area contributed by atoms with Crippen LogP contribution < -0.4 is 10.1 Å². The van der Waals surface area contributed by atoms with E-state index in [4.69, 9.17) is 4.74 Å². The number of aliphatic hydroxyl groups is 1. The molecular weight excluding hydrogens is 464 g/mol. The first-order valence-corrected chi connectivity index (χ1v) is 14.0. The summed E-state index contributed by atoms with van der Waals surface area (Å²) in [7, 11) is -2.96. The lowest BCUT2D eigenvalue weighted by molar-refractivity contribution is -0.0713. The summed E-state index contributed by atoms with van der Waals surface area (Å²) < 4.78 is 29.0. The van der Waals surface area contributed by atoms with Gasteiger partial charge in [-0.15, -0.1) is 0 Å². The summed E-state index contributed by atoms with van der Waals surface area (Å²) in [6.07, 6.45) is 2.91.